The molecule has 192 valence electrons. The number of ether oxygens (including phenoxy) is 3. The van der Waals surface area contributed by atoms with Crippen LogP contribution in [0.4, 0.5) is 4.79 Å². The lowest BCUT2D eigenvalue weighted by Gasteiger charge is -2.39. The third kappa shape index (κ3) is 5.69. The van der Waals surface area contributed by atoms with Crippen molar-refractivity contribution >= 4 is 15.9 Å². The number of pyridine rings is 1. The van der Waals surface area contributed by atoms with Crippen molar-refractivity contribution in [2.24, 2.45) is 0 Å². The third-order valence-corrected chi connectivity index (χ3v) is 8.57. The lowest BCUT2D eigenvalue weighted by atomic mass is 9.94. The Morgan fingerprint density at radius 2 is 1.97 bits per heavy atom. The Morgan fingerprint density at radius 3 is 2.65 bits per heavy atom. The quantitative estimate of drug-likeness (QED) is 0.635. The lowest BCUT2D eigenvalue weighted by molar-refractivity contribution is -0.0444. The summed E-state index contributed by atoms with van der Waals surface area (Å²) in [5.41, 5.74) is -1.21. The molecule has 0 saturated carbocycles. The highest BCUT2D eigenvalue weighted by Gasteiger charge is 2.49. The molecular weight excluding hydrogens is 464 g/mol. The van der Waals surface area contributed by atoms with Gasteiger partial charge in [-0.25, -0.2) is 18.7 Å². The van der Waals surface area contributed by atoms with Gasteiger partial charge in [0.05, 0.1) is 26.4 Å². The van der Waals surface area contributed by atoms with Gasteiger partial charge in [-0.15, -0.1) is 0 Å². The van der Waals surface area contributed by atoms with Crippen molar-refractivity contribution in [3.8, 4) is 5.88 Å². The van der Waals surface area contributed by atoms with E-state index in [1.54, 1.807) is 11.0 Å². The molecule has 12 heteroatoms. The Kier molecular flexibility index (Phi) is 6.93. The molecule has 1 aromatic rings. The molecule has 1 spiro atoms. The van der Waals surface area contributed by atoms with Gasteiger partial charge in [-0.2, -0.15) is 0 Å². The topological polar surface area (TPSA) is 123 Å². The van der Waals surface area contributed by atoms with E-state index in [1.165, 1.54) is 12.3 Å². The highest BCUT2D eigenvalue weighted by molar-refractivity contribution is 8.09. The van der Waals surface area contributed by atoms with E-state index in [1.807, 2.05) is 20.8 Å². The molecule has 0 aromatic carbocycles. The molecule has 4 heterocycles. The van der Waals surface area contributed by atoms with Gasteiger partial charge in [-0.05, 0) is 32.9 Å². The van der Waals surface area contributed by atoms with Crippen molar-refractivity contribution in [1.82, 2.24) is 19.5 Å². The van der Waals surface area contributed by atoms with E-state index in [2.05, 4.69) is 14.6 Å². The smallest absolute Gasteiger partial charge is 0.410 e. The summed E-state index contributed by atoms with van der Waals surface area (Å²) in [6.45, 7) is 9.45. The molecule has 1 aromatic heterocycles. The van der Waals surface area contributed by atoms with Gasteiger partial charge in [-0.3, -0.25) is 13.6 Å². The Morgan fingerprint density at radius 1 is 1.26 bits per heavy atom. The maximum absolute atomic E-state index is 14.0. The van der Waals surface area contributed by atoms with Crippen LogP contribution in [-0.2, 0) is 23.5 Å². The predicted molar refractivity (Wildman–Crippen MR) is 125 cm³/mol. The number of carbonyl (C=O) groups excluding carboxylic acids is 1. The van der Waals surface area contributed by atoms with Crippen LogP contribution in [0.15, 0.2) is 23.2 Å². The van der Waals surface area contributed by atoms with Crippen LogP contribution in [0.3, 0.4) is 0 Å². The minimum absolute atomic E-state index is 0.0117. The van der Waals surface area contributed by atoms with Crippen molar-refractivity contribution in [3.05, 3.63) is 18.3 Å². The molecule has 3 aliphatic rings. The molecule has 3 aliphatic heterocycles. The summed E-state index contributed by atoms with van der Waals surface area (Å²) in [6, 6.07) is 3.11. The van der Waals surface area contributed by atoms with E-state index < -0.39 is 21.0 Å². The Labute approximate surface area is 200 Å². The molecule has 1 amide bonds. The van der Waals surface area contributed by atoms with Gasteiger partial charge in [0.1, 0.15) is 16.1 Å². The van der Waals surface area contributed by atoms with Gasteiger partial charge in [0.2, 0.25) is 5.88 Å². The molecule has 0 atom stereocenters. The normalized spacial score (nSPS) is 25.3. The van der Waals surface area contributed by atoms with E-state index in [4.69, 9.17) is 18.4 Å². The van der Waals surface area contributed by atoms with E-state index in [0.717, 1.165) is 0 Å². The number of fused-ring (bicyclic) bond motifs is 1. The highest BCUT2D eigenvalue weighted by Crippen LogP contribution is 2.42. The van der Waals surface area contributed by atoms with E-state index in [9.17, 15) is 13.6 Å². The van der Waals surface area contributed by atoms with E-state index >= 15 is 0 Å². The van der Waals surface area contributed by atoms with Gasteiger partial charge in [-0.1, -0.05) is 0 Å². The molecule has 2 saturated heterocycles. The fourth-order valence-corrected chi connectivity index (χ4v) is 6.22. The summed E-state index contributed by atoms with van der Waals surface area (Å²) in [5, 5.41) is 0. The number of amides is 1. The first kappa shape index (κ1) is 25.3. The lowest BCUT2D eigenvalue weighted by Crippen LogP contribution is -2.56. The molecule has 0 radical (unpaired) electrons. The van der Waals surface area contributed by atoms with Gasteiger partial charge in [0, 0.05) is 51.8 Å². The zero-order chi connectivity index (χ0) is 24.5. The Balaban J connectivity index is 1.37. The summed E-state index contributed by atoms with van der Waals surface area (Å²) < 4.78 is 51.0. The number of aromatic nitrogens is 1. The van der Waals surface area contributed by atoms with Crippen LogP contribution >= 0.6 is 0 Å². The average molecular weight is 501 g/mol. The predicted octanol–water partition coefficient (Wildman–Crippen LogP) is 1.66. The summed E-state index contributed by atoms with van der Waals surface area (Å²) in [4.78, 5) is 20.3. The fraction of sp³-hybridized carbons (Fsp3) is 0.727. The monoisotopic (exact) mass is 500 g/mol. The maximum atomic E-state index is 14.0. The van der Waals surface area contributed by atoms with Crippen LogP contribution in [0.5, 0.6) is 5.88 Å². The standard InChI is InChI=1S/C22H36N4O7S/c1-21(2,3)33-20(27)26-11-9-25(10-12-26)13-16-31-34(28,29)18-5-4-8-23-19(18)32-22(17-24-34)6-14-30-15-7-22/h4-5,8H,6-7,9-17H2,1-3H3,(H2,24,28,29). The minimum Gasteiger partial charge on any atom is -0.468 e. The van der Waals surface area contributed by atoms with Crippen LogP contribution in [0.2, 0.25) is 0 Å². The molecule has 4 rings (SSSR count). The van der Waals surface area contributed by atoms with Crippen LogP contribution in [0.25, 0.3) is 0 Å². The third-order valence-electron chi connectivity index (χ3n) is 6.22. The van der Waals surface area contributed by atoms with Gasteiger partial charge in [0.15, 0.2) is 9.81 Å². The van der Waals surface area contributed by atoms with Gasteiger partial charge in [0.25, 0.3) is 0 Å². The molecule has 2 fully saturated rings. The SMILES string of the molecule is CC(C)(C)OC(=O)N1CCN(CCOS2(=O)(O)NCC3(CCOCC3)Oc3ncccc32)CC1. The van der Waals surface area contributed by atoms with Crippen molar-refractivity contribution < 1.29 is 31.9 Å². The van der Waals surface area contributed by atoms with Crippen molar-refractivity contribution in [3.63, 3.8) is 0 Å². The molecule has 0 unspecified atom stereocenters. The second kappa shape index (κ2) is 9.32. The second-order valence-corrected chi connectivity index (χ2v) is 12.6. The summed E-state index contributed by atoms with van der Waals surface area (Å²) in [5.74, 6) is 0.111. The van der Waals surface area contributed by atoms with Crippen molar-refractivity contribution in [1.29, 1.82) is 0 Å². The van der Waals surface area contributed by atoms with Gasteiger partial charge >= 0.3 is 6.09 Å². The zero-order valence-electron chi connectivity index (χ0n) is 20.2. The van der Waals surface area contributed by atoms with Crippen LogP contribution < -0.4 is 9.46 Å². The summed E-state index contributed by atoms with van der Waals surface area (Å²) in [7, 11) is -4.89. The molecule has 34 heavy (non-hydrogen) atoms. The molecular formula is C22H36N4O7S. The Bertz CT molecular complexity index is 955. The number of rotatable bonds is 4. The highest BCUT2D eigenvalue weighted by atomic mass is 32.3. The molecule has 0 aliphatic carbocycles. The molecule has 2 N–H and O–H groups in total. The van der Waals surface area contributed by atoms with Crippen molar-refractivity contribution in [2.45, 2.75) is 49.7 Å². The average Bonchev–Trinajstić information content (AvgIpc) is 2.87. The number of hydrogen-bond acceptors (Lipinski definition) is 8. The number of nitrogens with one attached hydrogen (secondary N) is 1. The number of hydrogen-bond donors (Lipinski definition) is 2. The largest absolute Gasteiger partial charge is 0.468 e. The van der Waals surface area contributed by atoms with Gasteiger partial charge < -0.3 is 19.1 Å². The summed E-state index contributed by atoms with van der Waals surface area (Å²) >= 11 is 0. The molecule has 0 bridgehead atoms. The van der Waals surface area contributed by atoms with Crippen LogP contribution in [0, 0.1) is 0 Å². The number of piperazine rings is 1. The van der Waals surface area contributed by atoms with Crippen LogP contribution in [0.1, 0.15) is 33.6 Å². The molecule has 11 nitrogen and oxygen atoms in total. The maximum Gasteiger partial charge on any atom is 0.410 e. The number of carbonyl (C=O) groups is 1. The summed E-state index contributed by atoms with van der Waals surface area (Å²) in [6.07, 6.45) is 2.38. The minimum atomic E-state index is -4.89. The zero-order valence-corrected chi connectivity index (χ0v) is 21.0. The van der Waals surface area contributed by atoms with Crippen LogP contribution in [-0.4, -0.2) is 99.9 Å². The Hall–Kier alpha value is -1.83. The number of nitrogens with zero attached hydrogens (tertiary/aromatic N) is 3. The van der Waals surface area contributed by atoms with E-state index in [0.29, 0.717) is 58.8 Å². The first-order valence-corrected chi connectivity index (χ1v) is 13.6. The van der Waals surface area contributed by atoms with E-state index in [-0.39, 0.29) is 30.0 Å². The second-order valence-electron chi connectivity index (χ2n) is 9.99. The first-order chi connectivity index (χ1) is 16.0. The van der Waals surface area contributed by atoms with Crippen molar-refractivity contribution in [2.75, 3.05) is 59.1 Å². The first-order valence-electron chi connectivity index (χ1n) is 11.7. The fourth-order valence-electron chi connectivity index (χ4n) is 4.23.